The number of benzene rings is 2. The van der Waals surface area contributed by atoms with E-state index < -0.39 is 17.9 Å². The average molecular weight is 645 g/mol. The summed E-state index contributed by atoms with van der Waals surface area (Å²) >= 11 is 16.5. The quantitative estimate of drug-likeness (QED) is 0.282. The number of carbonyl (C=O) groups excluding carboxylic acids is 2. The van der Waals surface area contributed by atoms with Gasteiger partial charge in [-0.1, -0.05) is 45.2 Å². The van der Waals surface area contributed by atoms with Gasteiger partial charge in [0.25, 0.3) is 0 Å². The number of aromatic nitrogens is 1. The van der Waals surface area contributed by atoms with Crippen LogP contribution in [0.3, 0.4) is 0 Å². The van der Waals surface area contributed by atoms with E-state index >= 15 is 0 Å². The summed E-state index contributed by atoms with van der Waals surface area (Å²) in [5.41, 5.74) is 11.2. The number of hydrogen-bond donors (Lipinski definition) is 1. The molecule has 0 fully saturated rings. The molecule has 2 N–H and O–H groups in total. The summed E-state index contributed by atoms with van der Waals surface area (Å²) in [5.74, 6) is -1.77. The lowest BCUT2D eigenvalue weighted by Crippen LogP contribution is -2.37. The van der Waals surface area contributed by atoms with Gasteiger partial charge in [0.05, 0.1) is 24.7 Å². The molecule has 0 spiro atoms. The highest BCUT2D eigenvalue weighted by molar-refractivity contribution is 9.10. The summed E-state index contributed by atoms with van der Waals surface area (Å²) in [5, 5.41) is 0.757. The van der Waals surface area contributed by atoms with Crippen molar-refractivity contribution < 1.29 is 19.1 Å². The third kappa shape index (κ3) is 5.08. The zero-order valence-corrected chi connectivity index (χ0v) is 25.2. The molecule has 2 aromatic carbocycles. The van der Waals surface area contributed by atoms with Crippen LogP contribution in [0.15, 0.2) is 58.2 Å². The molecule has 7 nitrogen and oxygen atoms in total. The van der Waals surface area contributed by atoms with Gasteiger partial charge in [-0.15, -0.1) is 0 Å². The summed E-state index contributed by atoms with van der Waals surface area (Å²) in [7, 11) is 0. The Hall–Kier alpha value is -3.07. The summed E-state index contributed by atoms with van der Waals surface area (Å²) < 4.78 is 11.9. The first-order chi connectivity index (χ1) is 19.3. The smallest absolute Gasteiger partial charge is 0.355 e. The van der Waals surface area contributed by atoms with E-state index in [4.69, 9.17) is 43.4 Å². The van der Waals surface area contributed by atoms with Crippen molar-refractivity contribution >= 4 is 68.3 Å². The maximum atomic E-state index is 13.9. The maximum Gasteiger partial charge on any atom is 0.355 e. The Bertz CT molecular complexity index is 1520. The lowest BCUT2D eigenvalue weighted by Gasteiger charge is -2.39. The standard InChI is InChI=1S/C30H28BrCl2N3O4/c1-3-39-29(37)25-23(19-14-11-17(32)15-21(19)33)24-26(34)20-7-5-6-8-22(20)35-28(24)36(27(25)30(38)40-4-2)18-12-9-16(31)10-13-18/h9-15,23H,3-8H2,1-2H3,(H2,34,35). The molecule has 3 aromatic rings. The monoisotopic (exact) mass is 643 g/mol. The first-order valence-electron chi connectivity index (χ1n) is 13.2. The number of nitrogens with zero attached hydrogens (tertiary/aromatic N) is 2. The molecule has 0 bridgehead atoms. The van der Waals surface area contributed by atoms with Crippen LogP contribution in [0.2, 0.25) is 10.0 Å². The van der Waals surface area contributed by atoms with Gasteiger partial charge in [0.2, 0.25) is 0 Å². The number of nitrogens with two attached hydrogens (primary N) is 1. The van der Waals surface area contributed by atoms with E-state index in [9.17, 15) is 9.59 Å². The Kier molecular flexibility index (Phi) is 8.40. The van der Waals surface area contributed by atoms with E-state index in [-0.39, 0.29) is 24.5 Å². The minimum Gasteiger partial charge on any atom is -0.463 e. The van der Waals surface area contributed by atoms with E-state index in [1.807, 2.05) is 24.3 Å². The predicted molar refractivity (Wildman–Crippen MR) is 160 cm³/mol. The first-order valence-corrected chi connectivity index (χ1v) is 14.7. The zero-order valence-electron chi connectivity index (χ0n) is 22.1. The Morgan fingerprint density at radius 1 is 1.02 bits per heavy atom. The molecular weight excluding hydrogens is 617 g/mol. The van der Waals surface area contributed by atoms with E-state index in [0.29, 0.717) is 38.4 Å². The summed E-state index contributed by atoms with van der Waals surface area (Å²) in [6.07, 6.45) is 3.49. The second-order valence-electron chi connectivity index (χ2n) is 9.51. The largest absolute Gasteiger partial charge is 0.463 e. The van der Waals surface area contributed by atoms with Gasteiger partial charge in [-0.05, 0) is 87.1 Å². The zero-order chi connectivity index (χ0) is 28.6. The molecule has 10 heteroatoms. The number of esters is 2. The molecule has 1 atom stereocenters. The van der Waals surface area contributed by atoms with Crippen molar-refractivity contribution in [2.75, 3.05) is 23.8 Å². The van der Waals surface area contributed by atoms with Crippen LogP contribution < -0.4 is 10.6 Å². The van der Waals surface area contributed by atoms with Crippen LogP contribution in [0.4, 0.5) is 17.2 Å². The molecule has 2 aliphatic rings. The van der Waals surface area contributed by atoms with Gasteiger partial charge < -0.3 is 15.2 Å². The molecule has 1 aliphatic carbocycles. The third-order valence-corrected chi connectivity index (χ3v) is 8.22. The fourth-order valence-electron chi connectivity index (χ4n) is 5.45. The third-order valence-electron chi connectivity index (χ3n) is 7.13. The number of anilines is 3. The SMILES string of the molecule is CCOC(=O)C1=C(C(=O)OCC)N(c2ccc(Br)cc2)c2nc3c(c(N)c2C1c1ccc(Cl)cc1Cl)CCCC3. The molecule has 1 unspecified atom stereocenters. The van der Waals surface area contributed by atoms with Crippen LogP contribution >= 0.6 is 39.1 Å². The second-order valence-corrected chi connectivity index (χ2v) is 11.3. The van der Waals surface area contributed by atoms with Gasteiger partial charge in [-0.3, -0.25) is 4.90 Å². The fraction of sp³-hybridized carbons (Fsp3) is 0.300. The van der Waals surface area contributed by atoms with Crippen LogP contribution in [0.1, 0.15) is 55.0 Å². The molecule has 0 radical (unpaired) electrons. The molecule has 0 saturated carbocycles. The van der Waals surface area contributed by atoms with Crippen LogP contribution in [-0.4, -0.2) is 30.1 Å². The number of aryl methyl sites for hydroxylation is 1. The molecule has 2 heterocycles. The number of ether oxygens (including phenoxy) is 2. The van der Waals surface area contributed by atoms with Crippen LogP contribution in [0.25, 0.3) is 0 Å². The van der Waals surface area contributed by atoms with Crippen molar-refractivity contribution in [3.63, 3.8) is 0 Å². The van der Waals surface area contributed by atoms with Gasteiger partial charge in [0, 0.05) is 37.2 Å². The topological polar surface area (TPSA) is 94.8 Å². The van der Waals surface area contributed by atoms with Crippen molar-refractivity contribution in [3.05, 3.63) is 90.6 Å². The number of carbonyl (C=O) groups is 2. The van der Waals surface area contributed by atoms with Gasteiger partial charge in [-0.2, -0.15) is 0 Å². The minimum atomic E-state index is -0.857. The summed E-state index contributed by atoms with van der Waals surface area (Å²) in [6.45, 7) is 3.62. The Morgan fingerprint density at radius 2 is 1.70 bits per heavy atom. The van der Waals surface area contributed by atoms with E-state index in [2.05, 4.69) is 15.9 Å². The molecule has 0 amide bonds. The van der Waals surface area contributed by atoms with Gasteiger partial charge in [-0.25, -0.2) is 14.6 Å². The second kappa shape index (κ2) is 11.8. The van der Waals surface area contributed by atoms with Crippen molar-refractivity contribution in [2.24, 2.45) is 0 Å². The minimum absolute atomic E-state index is 0.00815. The summed E-state index contributed by atoms with van der Waals surface area (Å²) in [4.78, 5) is 34.5. The Morgan fingerprint density at radius 3 is 2.38 bits per heavy atom. The van der Waals surface area contributed by atoms with E-state index in [1.165, 1.54) is 0 Å². The summed E-state index contributed by atoms with van der Waals surface area (Å²) in [6, 6.07) is 12.4. The number of fused-ring (bicyclic) bond motifs is 2. The molecule has 5 rings (SSSR count). The van der Waals surface area contributed by atoms with Gasteiger partial charge in [0.15, 0.2) is 0 Å². The molecule has 1 aliphatic heterocycles. The molecule has 40 heavy (non-hydrogen) atoms. The molecule has 208 valence electrons. The number of rotatable bonds is 6. The average Bonchev–Trinajstić information content (AvgIpc) is 2.93. The number of nitrogen functional groups attached to an aromatic ring is 1. The number of pyridine rings is 1. The number of halogens is 3. The van der Waals surface area contributed by atoms with Gasteiger partial charge >= 0.3 is 11.9 Å². The lowest BCUT2D eigenvalue weighted by atomic mass is 9.78. The number of hydrogen-bond acceptors (Lipinski definition) is 7. The highest BCUT2D eigenvalue weighted by atomic mass is 79.9. The fourth-order valence-corrected chi connectivity index (χ4v) is 6.23. The predicted octanol–water partition coefficient (Wildman–Crippen LogP) is 7.28. The highest BCUT2D eigenvalue weighted by Gasteiger charge is 2.45. The lowest BCUT2D eigenvalue weighted by molar-refractivity contribution is -0.142. The molecule has 1 aromatic heterocycles. The van der Waals surface area contributed by atoms with Crippen LogP contribution in [-0.2, 0) is 31.9 Å². The van der Waals surface area contributed by atoms with Crippen molar-refractivity contribution in [2.45, 2.75) is 45.4 Å². The molecule has 0 saturated heterocycles. The van der Waals surface area contributed by atoms with Crippen molar-refractivity contribution in [3.8, 4) is 0 Å². The maximum absolute atomic E-state index is 13.9. The van der Waals surface area contributed by atoms with E-state index in [0.717, 1.165) is 41.4 Å². The van der Waals surface area contributed by atoms with E-state index in [1.54, 1.807) is 36.9 Å². The Labute approximate surface area is 251 Å². The van der Waals surface area contributed by atoms with Crippen molar-refractivity contribution in [1.82, 2.24) is 4.98 Å². The van der Waals surface area contributed by atoms with Crippen LogP contribution in [0, 0.1) is 0 Å². The Balaban J connectivity index is 1.94. The van der Waals surface area contributed by atoms with Crippen molar-refractivity contribution in [1.29, 1.82) is 0 Å². The van der Waals surface area contributed by atoms with Gasteiger partial charge in [0.1, 0.15) is 11.5 Å². The molecular formula is C30H28BrCl2N3O4. The normalized spacial score (nSPS) is 16.3. The highest BCUT2D eigenvalue weighted by Crippen LogP contribution is 2.52. The van der Waals surface area contributed by atoms with Crippen LogP contribution in [0.5, 0.6) is 0 Å². The first kappa shape index (κ1) is 28.5.